The molecule has 0 aromatic heterocycles. The zero-order valence-corrected chi connectivity index (χ0v) is 9.97. The van der Waals surface area contributed by atoms with Crippen LogP contribution < -0.4 is 4.90 Å². The molecule has 88 valence electrons. The monoisotopic (exact) mass is 295 g/mol. The molecule has 2 nitrogen and oxygen atoms in total. The van der Waals surface area contributed by atoms with Crippen molar-refractivity contribution < 1.29 is 18.0 Å². The molecule has 0 saturated carbocycles. The molecule has 0 aliphatic rings. The van der Waals surface area contributed by atoms with Gasteiger partial charge in [0.25, 0.3) is 0 Å². The third kappa shape index (κ3) is 2.98. The number of carbonyl (C=O) groups excluding carboxylic acids is 1. The van der Waals surface area contributed by atoms with E-state index in [1.807, 2.05) is 0 Å². The van der Waals surface area contributed by atoms with Gasteiger partial charge < -0.3 is 4.90 Å². The van der Waals surface area contributed by atoms with Gasteiger partial charge in [-0.05, 0) is 17.7 Å². The summed E-state index contributed by atoms with van der Waals surface area (Å²) in [4.78, 5) is 11.5. The average molecular weight is 296 g/mol. The van der Waals surface area contributed by atoms with Gasteiger partial charge in [0.05, 0.1) is 0 Å². The van der Waals surface area contributed by atoms with Crippen LogP contribution in [0.3, 0.4) is 0 Å². The smallest absolute Gasteiger partial charge is 0.308 e. The van der Waals surface area contributed by atoms with Crippen LogP contribution in [-0.2, 0) is 10.1 Å². The van der Waals surface area contributed by atoms with Crippen molar-refractivity contribution in [3.05, 3.63) is 29.8 Å². The molecular formula is C10H9BrF3NO. The van der Waals surface area contributed by atoms with Crippen molar-refractivity contribution in [1.82, 2.24) is 0 Å². The minimum Gasteiger partial charge on any atom is -0.308 e. The third-order valence-electron chi connectivity index (χ3n) is 2.00. The predicted octanol–water partition coefficient (Wildman–Crippen LogP) is 3.11. The molecule has 0 bridgehead atoms. The van der Waals surface area contributed by atoms with E-state index in [2.05, 4.69) is 15.9 Å². The molecule has 0 spiro atoms. The second-order valence-corrected chi connectivity index (χ2v) is 3.73. The van der Waals surface area contributed by atoms with Crippen LogP contribution in [0.5, 0.6) is 0 Å². The summed E-state index contributed by atoms with van der Waals surface area (Å²) >= 11 is 3.19. The van der Waals surface area contributed by atoms with Crippen molar-refractivity contribution in [3.63, 3.8) is 0 Å². The van der Waals surface area contributed by atoms with E-state index < -0.39 is 12.1 Å². The fourth-order valence-electron chi connectivity index (χ4n) is 1.16. The van der Waals surface area contributed by atoms with Crippen LogP contribution in [0.15, 0.2) is 24.3 Å². The molecule has 16 heavy (non-hydrogen) atoms. The van der Waals surface area contributed by atoms with Crippen LogP contribution in [0.1, 0.15) is 5.56 Å². The highest BCUT2D eigenvalue weighted by molar-refractivity contribution is 9.08. The molecule has 0 aliphatic carbocycles. The summed E-state index contributed by atoms with van der Waals surface area (Å²) in [5.74, 6) is -1.88. The Bertz CT molecular complexity index is 392. The van der Waals surface area contributed by atoms with Gasteiger partial charge >= 0.3 is 12.1 Å². The maximum atomic E-state index is 12.2. The first-order valence-electron chi connectivity index (χ1n) is 4.36. The van der Waals surface area contributed by atoms with Gasteiger partial charge in [-0.15, -0.1) is 0 Å². The van der Waals surface area contributed by atoms with Crippen molar-refractivity contribution in [3.8, 4) is 0 Å². The lowest BCUT2D eigenvalue weighted by Gasteiger charge is -2.19. The molecule has 0 saturated heterocycles. The summed E-state index contributed by atoms with van der Waals surface area (Å²) in [6.45, 7) is 0. The Morgan fingerprint density at radius 1 is 1.44 bits per heavy atom. The first-order valence-corrected chi connectivity index (χ1v) is 5.48. The highest BCUT2D eigenvalue weighted by atomic mass is 79.9. The summed E-state index contributed by atoms with van der Waals surface area (Å²) in [6, 6.07) is 6.34. The maximum Gasteiger partial charge on any atom is 0.471 e. The number of alkyl halides is 4. The standard InChI is InChI=1S/C10H9BrF3NO/c1-15(9(16)10(12,13)14)8-4-2-3-7(5-8)6-11/h2-5H,6H2,1H3. The molecule has 0 radical (unpaired) electrons. The fraction of sp³-hybridized carbons (Fsp3) is 0.300. The Morgan fingerprint density at radius 3 is 2.56 bits per heavy atom. The Hall–Kier alpha value is -1.04. The topological polar surface area (TPSA) is 20.3 Å². The van der Waals surface area contributed by atoms with E-state index in [4.69, 9.17) is 0 Å². The van der Waals surface area contributed by atoms with Crippen molar-refractivity contribution in [1.29, 1.82) is 0 Å². The van der Waals surface area contributed by atoms with E-state index in [1.54, 1.807) is 12.1 Å². The van der Waals surface area contributed by atoms with Crippen molar-refractivity contribution >= 4 is 27.5 Å². The van der Waals surface area contributed by atoms with Crippen LogP contribution in [0, 0.1) is 0 Å². The zero-order chi connectivity index (χ0) is 12.3. The normalized spacial score (nSPS) is 11.3. The fourth-order valence-corrected chi connectivity index (χ4v) is 1.50. The number of nitrogens with zero attached hydrogens (tertiary/aromatic N) is 1. The van der Waals surface area contributed by atoms with E-state index in [0.29, 0.717) is 10.2 Å². The maximum absolute atomic E-state index is 12.2. The summed E-state index contributed by atoms with van der Waals surface area (Å²) < 4.78 is 36.5. The molecule has 0 N–H and O–H groups in total. The van der Waals surface area contributed by atoms with Crippen molar-refractivity contribution in [2.75, 3.05) is 11.9 Å². The molecule has 0 heterocycles. The van der Waals surface area contributed by atoms with Crippen LogP contribution in [-0.4, -0.2) is 19.1 Å². The number of carbonyl (C=O) groups is 1. The molecule has 0 atom stereocenters. The number of halogens is 4. The Labute approximate surface area is 99.2 Å². The van der Waals surface area contributed by atoms with E-state index in [1.165, 1.54) is 12.1 Å². The molecular weight excluding hydrogens is 287 g/mol. The van der Waals surface area contributed by atoms with Crippen LogP contribution in [0.25, 0.3) is 0 Å². The van der Waals surface area contributed by atoms with E-state index in [9.17, 15) is 18.0 Å². The lowest BCUT2D eigenvalue weighted by Crippen LogP contribution is -2.38. The van der Waals surface area contributed by atoms with Gasteiger partial charge in [-0.3, -0.25) is 4.79 Å². The molecule has 0 aliphatic heterocycles. The number of benzene rings is 1. The largest absolute Gasteiger partial charge is 0.471 e. The minimum absolute atomic E-state index is 0.222. The molecule has 0 fully saturated rings. The van der Waals surface area contributed by atoms with Gasteiger partial charge in [-0.25, -0.2) is 0 Å². The van der Waals surface area contributed by atoms with E-state index >= 15 is 0 Å². The van der Waals surface area contributed by atoms with Crippen LogP contribution in [0.4, 0.5) is 18.9 Å². The van der Waals surface area contributed by atoms with E-state index in [-0.39, 0.29) is 5.69 Å². The minimum atomic E-state index is -4.85. The van der Waals surface area contributed by atoms with Crippen LogP contribution >= 0.6 is 15.9 Å². The Morgan fingerprint density at radius 2 is 2.06 bits per heavy atom. The van der Waals surface area contributed by atoms with Gasteiger partial charge in [0.1, 0.15) is 0 Å². The Balaban J connectivity index is 2.96. The molecule has 1 aromatic rings. The lowest BCUT2D eigenvalue weighted by molar-refractivity contribution is -0.170. The van der Waals surface area contributed by atoms with Crippen molar-refractivity contribution in [2.24, 2.45) is 0 Å². The van der Waals surface area contributed by atoms with Crippen LogP contribution in [0.2, 0.25) is 0 Å². The number of amides is 1. The average Bonchev–Trinajstić information content (AvgIpc) is 2.26. The highest BCUT2D eigenvalue weighted by Crippen LogP contribution is 2.23. The first kappa shape index (κ1) is 13.0. The van der Waals surface area contributed by atoms with Gasteiger partial charge in [-0.2, -0.15) is 13.2 Å². The predicted molar refractivity (Wildman–Crippen MR) is 58.5 cm³/mol. The SMILES string of the molecule is CN(C(=O)C(F)(F)F)c1cccc(CBr)c1. The highest BCUT2D eigenvalue weighted by Gasteiger charge is 2.41. The molecule has 1 aromatic carbocycles. The molecule has 1 amide bonds. The zero-order valence-electron chi connectivity index (χ0n) is 8.38. The lowest BCUT2D eigenvalue weighted by atomic mass is 10.2. The third-order valence-corrected chi connectivity index (χ3v) is 2.65. The molecule has 1 rings (SSSR count). The molecule has 6 heteroatoms. The quantitative estimate of drug-likeness (QED) is 0.768. The van der Waals surface area contributed by atoms with Gasteiger partial charge in [-0.1, -0.05) is 28.1 Å². The van der Waals surface area contributed by atoms with Gasteiger partial charge in [0.15, 0.2) is 0 Å². The number of hydrogen-bond acceptors (Lipinski definition) is 1. The summed E-state index contributed by atoms with van der Waals surface area (Å²) in [5, 5.41) is 0.523. The summed E-state index contributed by atoms with van der Waals surface area (Å²) in [6.07, 6.45) is -4.85. The Kier molecular flexibility index (Phi) is 3.96. The second kappa shape index (κ2) is 4.86. The number of rotatable bonds is 2. The van der Waals surface area contributed by atoms with E-state index in [0.717, 1.165) is 12.6 Å². The number of anilines is 1. The summed E-state index contributed by atoms with van der Waals surface area (Å²) in [5.41, 5.74) is 1.03. The number of hydrogen-bond donors (Lipinski definition) is 0. The van der Waals surface area contributed by atoms with Gasteiger partial charge in [0.2, 0.25) is 0 Å². The van der Waals surface area contributed by atoms with Crippen molar-refractivity contribution in [2.45, 2.75) is 11.5 Å². The second-order valence-electron chi connectivity index (χ2n) is 3.17. The molecule has 0 unspecified atom stereocenters. The summed E-state index contributed by atoms with van der Waals surface area (Å²) in [7, 11) is 1.10. The first-order chi connectivity index (χ1) is 7.36. The van der Waals surface area contributed by atoms with Gasteiger partial charge in [0, 0.05) is 18.1 Å².